The SMILES string of the molecule is CCOC1=CC(c2ncc(NC(=O)Nc3cc(-n4cnc(C)c4)cc(C(F)(F)F)c3)c(CC)n2)=CCC1=O. The number of nitrogens with one attached hydrogen (secondary N) is 2. The Labute approximate surface area is 216 Å². The molecule has 0 aliphatic heterocycles. The number of imidazole rings is 1. The lowest BCUT2D eigenvalue weighted by molar-refractivity contribution is -0.137. The molecule has 1 aliphatic carbocycles. The fraction of sp³-hybridized carbons (Fsp3) is 0.269. The Balaban J connectivity index is 1.55. The van der Waals surface area contributed by atoms with Crippen LogP contribution in [0, 0.1) is 6.92 Å². The van der Waals surface area contributed by atoms with Crippen molar-refractivity contribution in [1.82, 2.24) is 19.5 Å². The van der Waals surface area contributed by atoms with Crippen molar-refractivity contribution in [3.63, 3.8) is 0 Å². The maximum absolute atomic E-state index is 13.5. The number of urea groups is 1. The Morgan fingerprint density at radius 2 is 1.95 bits per heavy atom. The number of hydrogen-bond donors (Lipinski definition) is 2. The largest absolute Gasteiger partial charge is 0.490 e. The number of aromatic nitrogens is 4. The van der Waals surface area contributed by atoms with Gasteiger partial charge in [-0.1, -0.05) is 13.0 Å². The number of ether oxygens (including phenoxy) is 1. The van der Waals surface area contributed by atoms with E-state index in [9.17, 15) is 22.8 Å². The first-order chi connectivity index (χ1) is 18.1. The molecule has 0 spiro atoms. The van der Waals surface area contributed by atoms with Crippen LogP contribution >= 0.6 is 0 Å². The molecular formula is C26H25F3N6O3. The third kappa shape index (κ3) is 6.07. The van der Waals surface area contributed by atoms with Gasteiger partial charge in [0.2, 0.25) is 5.78 Å². The minimum Gasteiger partial charge on any atom is -0.490 e. The van der Waals surface area contributed by atoms with Gasteiger partial charge in [0.25, 0.3) is 0 Å². The van der Waals surface area contributed by atoms with Crippen molar-refractivity contribution in [3.8, 4) is 5.69 Å². The molecule has 0 saturated carbocycles. The molecule has 0 fully saturated rings. The van der Waals surface area contributed by atoms with E-state index >= 15 is 0 Å². The molecule has 0 unspecified atom stereocenters. The smallest absolute Gasteiger partial charge is 0.416 e. The van der Waals surface area contributed by atoms with Crippen LogP contribution in [-0.2, 0) is 22.1 Å². The van der Waals surface area contributed by atoms with Crippen molar-refractivity contribution in [2.45, 2.75) is 39.8 Å². The maximum atomic E-state index is 13.5. The molecule has 198 valence electrons. The first-order valence-corrected chi connectivity index (χ1v) is 11.8. The lowest BCUT2D eigenvalue weighted by Gasteiger charge is -2.16. The van der Waals surface area contributed by atoms with Crippen LogP contribution < -0.4 is 10.6 Å². The molecule has 0 atom stereocenters. The monoisotopic (exact) mass is 526 g/mol. The summed E-state index contributed by atoms with van der Waals surface area (Å²) in [4.78, 5) is 37.6. The second kappa shape index (κ2) is 10.9. The van der Waals surface area contributed by atoms with Crippen LogP contribution in [-0.4, -0.2) is 37.9 Å². The summed E-state index contributed by atoms with van der Waals surface area (Å²) in [5, 5.41) is 5.07. The molecule has 12 heteroatoms. The Bertz CT molecular complexity index is 1440. The summed E-state index contributed by atoms with van der Waals surface area (Å²) in [7, 11) is 0. The number of alkyl halides is 3. The minimum absolute atomic E-state index is 0.0557. The number of benzene rings is 1. The van der Waals surface area contributed by atoms with Crippen LogP contribution in [0.1, 0.15) is 43.0 Å². The third-order valence-electron chi connectivity index (χ3n) is 5.59. The number of ketones is 1. The highest BCUT2D eigenvalue weighted by Crippen LogP contribution is 2.33. The number of carbonyl (C=O) groups is 2. The molecule has 1 aromatic carbocycles. The maximum Gasteiger partial charge on any atom is 0.416 e. The molecule has 0 saturated heterocycles. The van der Waals surface area contributed by atoms with Gasteiger partial charge in [-0.15, -0.1) is 0 Å². The van der Waals surface area contributed by atoms with Crippen molar-refractivity contribution in [1.29, 1.82) is 0 Å². The predicted octanol–water partition coefficient (Wildman–Crippen LogP) is 5.47. The van der Waals surface area contributed by atoms with E-state index in [0.29, 0.717) is 41.5 Å². The summed E-state index contributed by atoms with van der Waals surface area (Å²) >= 11 is 0. The summed E-state index contributed by atoms with van der Waals surface area (Å²) < 4.78 is 47.4. The highest BCUT2D eigenvalue weighted by molar-refractivity contribution is 6.01. The van der Waals surface area contributed by atoms with Crippen molar-refractivity contribution in [2.24, 2.45) is 0 Å². The van der Waals surface area contributed by atoms with Gasteiger partial charge in [-0.05, 0) is 44.5 Å². The molecular weight excluding hydrogens is 501 g/mol. The number of aryl methyl sites for hydroxylation is 2. The van der Waals surface area contributed by atoms with Crippen molar-refractivity contribution < 1.29 is 27.5 Å². The zero-order chi connectivity index (χ0) is 27.4. The highest BCUT2D eigenvalue weighted by Gasteiger charge is 2.31. The second-order valence-electron chi connectivity index (χ2n) is 8.40. The van der Waals surface area contributed by atoms with E-state index in [-0.39, 0.29) is 29.3 Å². The first kappa shape index (κ1) is 26.6. The second-order valence-corrected chi connectivity index (χ2v) is 8.40. The molecule has 2 aromatic heterocycles. The van der Waals surface area contributed by atoms with Crippen molar-refractivity contribution in [2.75, 3.05) is 17.2 Å². The zero-order valence-electron chi connectivity index (χ0n) is 20.9. The van der Waals surface area contributed by atoms with Crippen LogP contribution in [0.2, 0.25) is 0 Å². The number of rotatable bonds is 7. The van der Waals surface area contributed by atoms with Gasteiger partial charge in [-0.2, -0.15) is 13.2 Å². The molecule has 4 rings (SSSR count). The average molecular weight is 527 g/mol. The Morgan fingerprint density at radius 1 is 1.16 bits per heavy atom. The minimum atomic E-state index is -4.62. The number of amides is 2. The molecule has 0 bridgehead atoms. The van der Waals surface area contributed by atoms with Gasteiger partial charge in [-0.3, -0.25) is 4.79 Å². The molecule has 2 heterocycles. The van der Waals surface area contributed by atoms with E-state index < -0.39 is 17.8 Å². The van der Waals surface area contributed by atoms with E-state index in [0.717, 1.165) is 12.1 Å². The van der Waals surface area contributed by atoms with E-state index in [2.05, 4.69) is 25.6 Å². The topological polar surface area (TPSA) is 111 Å². The lowest BCUT2D eigenvalue weighted by atomic mass is 10.0. The molecule has 3 aromatic rings. The van der Waals surface area contributed by atoms with Gasteiger partial charge in [0.05, 0.1) is 41.8 Å². The number of halogens is 3. The standard InChI is InChI=1S/C26H25F3N6O3/c1-4-20-21(12-30-24(33-20)16-6-7-22(36)23(8-16)38-5-2)34-25(37)32-18-9-17(26(27,28)29)10-19(11-18)35-13-15(3)31-14-35/h6,8-14H,4-5,7H2,1-3H3,(H2,32,34,37). The Hall–Kier alpha value is -4.48. The number of allylic oxidation sites excluding steroid dienone is 4. The van der Waals surface area contributed by atoms with E-state index in [1.54, 1.807) is 32.2 Å². The van der Waals surface area contributed by atoms with Gasteiger partial charge < -0.3 is 19.9 Å². The van der Waals surface area contributed by atoms with Crippen molar-refractivity contribution in [3.05, 3.63) is 77.6 Å². The summed E-state index contributed by atoms with van der Waals surface area (Å²) in [6.45, 7) is 5.68. The van der Waals surface area contributed by atoms with Gasteiger partial charge in [0.1, 0.15) is 0 Å². The quantitative estimate of drug-likeness (QED) is 0.422. The number of carbonyl (C=O) groups excluding carboxylic acids is 2. The highest BCUT2D eigenvalue weighted by atomic mass is 19.4. The van der Waals surface area contributed by atoms with Crippen LogP contribution in [0.3, 0.4) is 0 Å². The summed E-state index contributed by atoms with van der Waals surface area (Å²) in [5.41, 5.74) is 1.27. The Kier molecular flexibility index (Phi) is 7.60. The molecule has 1 aliphatic rings. The normalized spacial score (nSPS) is 13.6. The van der Waals surface area contributed by atoms with Gasteiger partial charge in [0, 0.05) is 29.6 Å². The summed E-state index contributed by atoms with van der Waals surface area (Å²) in [5.74, 6) is 0.456. The van der Waals surface area contributed by atoms with E-state index in [1.807, 2.05) is 6.92 Å². The number of hydrogen-bond acceptors (Lipinski definition) is 6. The van der Waals surface area contributed by atoms with Crippen LogP contribution in [0.4, 0.5) is 29.3 Å². The average Bonchev–Trinajstić information content (AvgIpc) is 3.31. The summed E-state index contributed by atoms with van der Waals surface area (Å²) in [6, 6.07) is 2.48. The van der Waals surface area contributed by atoms with Gasteiger partial charge >= 0.3 is 12.2 Å². The summed E-state index contributed by atoms with van der Waals surface area (Å²) in [6.07, 6.45) is 3.65. The van der Waals surface area contributed by atoms with Crippen LogP contribution in [0.5, 0.6) is 0 Å². The third-order valence-corrected chi connectivity index (χ3v) is 5.59. The van der Waals surface area contributed by atoms with Crippen LogP contribution in [0.15, 0.2) is 54.8 Å². The molecule has 2 N–H and O–H groups in total. The van der Waals surface area contributed by atoms with Crippen molar-refractivity contribution >= 4 is 28.8 Å². The molecule has 38 heavy (non-hydrogen) atoms. The number of Topliss-reactive ketones (excluding diaryl/α,β-unsaturated/α-hetero) is 1. The van der Waals surface area contributed by atoms with Crippen LogP contribution in [0.25, 0.3) is 11.3 Å². The lowest BCUT2D eigenvalue weighted by Crippen LogP contribution is -2.21. The molecule has 9 nitrogen and oxygen atoms in total. The number of nitrogens with zero attached hydrogens (tertiary/aromatic N) is 4. The first-order valence-electron chi connectivity index (χ1n) is 11.8. The molecule has 2 amide bonds. The fourth-order valence-electron chi connectivity index (χ4n) is 3.79. The number of anilines is 2. The van der Waals surface area contributed by atoms with Gasteiger partial charge in [0.15, 0.2) is 11.6 Å². The zero-order valence-corrected chi connectivity index (χ0v) is 20.9. The van der Waals surface area contributed by atoms with E-state index in [1.165, 1.54) is 23.2 Å². The predicted molar refractivity (Wildman–Crippen MR) is 135 cm³/mol. The fourth-order valence-corrected chi connectivity index (χ4v) is 3.79. The Morgan fingerprint density at radius 3 is 2.61 bits per heavy atom. The molecule has 0 radical (unpaired) electrons. The van der Waals surface area contributed by atoms with Gasteiger partial charge in [-0.25, -0.2) is 19.7 Å². The van der Waals surface area contributed by atoms with E-state index in [4.69, 9.17) is 4.74 Å².